The fourth-order valence-electron chi connectivity index (χ4n) is 1.24. The number of nitrogens with one attached hydrogen (secondary N) is 1. The first kappa shape index (κ1) is 9.08. The van der Waals surface area contributed by atoms with Gasteiger partial charge in [0.05, 0.1) is 12.5 Å². The molecule has 4 nitrogen and oxygen atoms in total. The highest BCUT2D eigenvalue weighted by Gasteiger charge is 2.03. The molecule has 0 aliphatic carbocycles. The standard InChI is InChI=1S/C9H9NO3S/c1-14(11,12)10-8-2-3-9-7(6-8)4-5-13-9/h2-6,10H,1H3. The summed E-state index contributed by atoms with van der Waals surface area (Å²) in [5.74, 6) is 0. The van der Waals surface area contributed by atoms with Gasteiger partial charge < -0.3 is 4.42 Å². The minimum absolute atomic E-state index is 0.543. The maximum atomic E-state index is 10.9. The first-order valence-corrected chi connectivity index (χ1v) is 5.89. The Bertz CT molecular complexity index is 556. The van der Waals surface area contributed by atoms with E-state index in [4.69, 9.17) is 4.42 Å². The highest BCUT2D eigenvalue weighted by Crippen LogP contribution is 2.20. The lowest BCUT2D eigenvalue weighted by atomic mass is 10.2. The summed E-state index contributed by atoms with van der Waals surface area (Å²) in [6, 6.07) is 6.89. The molecule has 2 aromatic rings. The molecule has 1 aromatic carbocycles. The molecule has 0 unspecified atom stereocenters. The highest BCUT2D eigenvalue weighted by atomic mass is 32.2. The number of furan rings is 1. The fraction of sp³-hybridized carbons (Fsp3) is 0.111. The third-order valence-electron chi connectivity index (χ3n) is 1.76. The number of hydrogen-bond donors (Lipinski definition) is 1. The van der Waals surface area contributed by atoms with Crippen LogP contribution in [0.5, 0.6) is 0 Å². The molecule has 0 radical (unpaired) electrons. The van der Waals surface area contributed by atoms with Crippen LogP contribution in [-0.2, 0) is 10.0 Å². The number of fused-ring (bicyclic) bond motifs is 1. The number of benzene rings is 1. The number of sulfonamides is 1. The molecule has 1 N–H and O–H groups in total. The van der Waals surface area contributed by atoms with Crippen LogP contribution in [0.4, 0.5) is 5.69 Å². The second-order valence-corrected chi connectivity index (χ2v) is 4.80. The number of rotatable bonds is 2. The summed E-state index contributed by atoms with van der Waals surface area (Å²) in [7, 11) is -3.21. The summed E-state index contributed by atoms with van der Waals surface area (Å²) in [5.41, 5.74) is 1.28. The monoisotopic (exact) mass is 211 g/mol. The minimum Gasteiger partial charge on any atom is -0.464 e. The van der Waals surface area contributed by atoms with E-state index in [0.717, 1.165) is 17.2 Å². The molecule has 5 heteroatoms. The van der Waals surface area contributed by atoms with E-state index in [9.17, 15) is 8.42 Å². The van der Waals surface area contributed by atoms with E-state index in [1.165, 1.54) is 0 Å². The molecule has 2 rings (SSSR count). The Balaban J connectivity index is 2.44. The predicted octanol–water partition coefficient (Wildman–Crippen LogP) is 1.80. The predicted molar refractivity (Wildman–Crippen MR) is 54.7 cm³/mol. The largest absolute Gasteiger partial charge is 0.464 e. The molecule has 0 spiro atoms. The van der Waals surface area contributed by atoms with Crippen molar-refractivity contribution in [3.63, 3.8) is 0 Å². The molecule has 74 valence electrons. The zero-order valence-electron chi connectivity index (χ0n) is 7.52. The van der Waals surface area contributed by atoms with Gasteiger partial charge in [0.15, 0.2) is 0 Å². The molecule has 1 aromatic heterocycles. The van der Waals surface area contributed by atoms with Crippen molar-refractivity contribution >= 4 is 26.7 Å². The molecule has 0 atom stereocenters. The lowest BCUT2D eigenvalue weighted by Crippen LogP contribution is -2.09. The van der Waals surface area contributed by atoms with Gasteiger partial charge in [-0.3, -0.25) is 4.72 Å². The van der Waals surface area contributed by atoms with Crippen molar-refractivity contribution in [2.45, 2.75) is 0 Å². The second-order valence-electron chi connectivity index (χ2n) is 3.05. The fourth-order valence-corrected chi connectivity index (χ4v) is 1.80. The minimum atomic E-state index is -3.21. The van der Waals surface area contributed by atoms with Crippen LogP contribution in [0.3, 0.4) is 0 Å². The first-order chi connectivity index (χ1) is 6.54. The van der Waals surface area contributed by atoms with E-state index in [0.29, 0.717) is 5.69 Å². The average Bonchev–Trinajstić information content (AvgIpc) is 2.47. The Kier molecular flexibility index (Phi) is 1.96. The molecular weight excluding hydrogens is 202 g/mol. The van der Waals surface area contributed by atoms with Gasteiger partial charge in [-0.25, -0.2) is 8.42 Å². The molecule has 1 heterocycles. The maximum Gasteiger partial charge on any atom is 0.229 e. The maximum absolute atomic E-state index is 10.9. The van der Waals surface area contributed by atoms with Gasteiger partial charge in [-0.2, -0.15) is 0 Å². The van der Waals surface area contributed by atoms with Crippen LogP contribution >= 0.6 is 0 Å². The summed E-state index contributed by atoms with van der Waals surface area (Å²) in [5, 5.41) is 0.874. The lowest BCUT2D eigenvalue weighted by molar-refractivity contribution is 0.606. The zero-order chi connectivity index (χ0) is 10.2. The van der Waals surface area contributed by atoms with Crippen molar-refractivity contribution < 1.29 is 12.8 Å². The van der Waals surface area contributed by atoms with Crippen LogP contribution in [0.1, 0.15) is 0 Å². The molecule has 0 aliphatic rings. The Hall–Kier alpha value is -1.49. The van der Waals surface area contributed by atoms with E-state index in [2.05, 4.69) is 4.72 Å². The average molecular weight is 211 g/mol. The second kappa shape index (κ2) is 3.02. The van der Waals surface area contributed by atoms with Crippen molar-refractivity contribution in [1.29, 1.82) is 0 Å². The third-order valence-corrected chi connectivity index (χ3v) is 2.36. The topological polar surface area (TPSA) is 59.3 Å². The van der Waals surface area contributed by atoms with Gasteiger partial charge in [-0.15, -0.1) is 0 Å². The van der Waals surface area contributed by atoms with Gasteiger partial charge in [-0.1, -0.05) is 0 Å². The third kappa shape index (κ3) is 1.88. The Labute approximate surface area is 81.6 Å². The van der Waals surface area contributed by atoms with Gasteiger partial charge in [0.25, 0.3) is 0 Å². The molecule has 0 bridgehead atoms. The van der Waals surface area contributed by atoms with E-state index >= 15 is 0 Å². The Morgan fingerprint density at radius 2 is 2.07 bits per heavy atom. The van der Waals surface area contributed by atoms with Gasteiger partial charge in [-0.05, 0) is 24.3 Å². The molecule has 0 saturated carbocycles. The summed E-state index contributed by atoms with van der Waals surface area (Å²) in [6.07, 6.45) is 2.68. The van der Waals surface area contributed by atoms with Gasteiger partial charge in [0, 0.05) is 11.1 Å². The van der Waals surface area contributed by atoms with Crippen LogP contribution in [0, 0.1) is 0 Å². The van der Waals surface area contributed by atoms with Crippen molar-refractivity contribution in [1.82, 2.24) is 0 Å². The molecular formula is C9H9NO3S. The van der Waals surface area contributed by atoms with Crippen molar-refractivity contribution in [2.75, 3.05) is 11.0 Å². The van der Waals surface area contributed by atoms with E-state index in [1.54, 1.807) is 30.5 Å². The highest BCUT2D eigenvalue weighted by molar-refractivity contribution is 7.92. The van der Waals surface area contributed by atoms with Gasteiger partial charge >= 0.3 is 0 Å². The molecule has 0 saturated heterocycles. The van der Waals surface area contributed by atoms with Crippen molar-refractivity contribution in [2.24, 2.45) is 0 Å². The van der Waals surface area contributed by atoms with E-state index < -0.39 is 10.0 Å². The van der Waals surface area contributed by atoms with Crippen LogP contribution < -0.4 is 4.72 Å². The quantitative estimate of drug-likeness (QED) is 0.824. The molecule has 0 amide bonds. The van der Waals surface area contributed by atoms with Crippen LogP contribution in [0.2, 0.25) is 0 Å². The lowest BCUT2D eigenvalue weighted by Gasteiger charge is -2.02. The molecule has 0 aliphatic heterocycles. The normalized spacial score (nSPS) is 11.8. The summed E-state index contributed by atoms with van der Waals surface area (Å²) in [6.45, 7) is 0. The summed E-state index contributed by atoms with van der Waals surface area (Å²) < 4.78 is 29.4. The van der Waals surface area contributed by atoms with Crippen LogP contribution in [0.25, 0.3) is 11.0 Å². The van der Waals surface area contributed by atoms with Gasteiger partial charge in [0.1, 0.15) is 5.58 Å². The molecule has 0 fully saturated rings. The van der Waals surface area contributed by atoms with Crippen molar-refractivity contribution in [3.05, 3.63) is 30.5 Å². The van der Waals surface area contributed by atoms with Crippen molar-refractivity contribution in [3.8, 4) is 0 Å². The first-order valence-electron chi connectivity index (χ1n) is 4.00. The molecule has 14 heavy (non-hydrogen) atoms. The number of hydrogen-bond acceptors (Lipinski definition) is 3. The SMILES string of the molecule is CS(=O)(=O)Nc1ccc2occc2c1. The smallest absolute Gasteiger partial charge is 0.229 e. The van der Waals surface area contributed by atoms with E-state index in [1.807, 2.05) is 0 Å². The van der Waals surface area contributed by atoms with Gasteiger partial charge in [0.2, 0.25) is 10.0 Å². The van der Waals surface area contributed by atoms with E-state index in [-0.39, 0.29) is 0 Å². The van der Waals surface area contributed by atoms with Crippen LogP contribution in [0.15, 0.2) is 34.9 Å². The summed E-state index contributed by atoms with van der Waals surface area (Å²) >= 11 is 0. The van der Waals surface area contributed by atoms with Crippen LogP contribution in [-0.4, -0.2) is 14.7 Å². The Morgan fingerprint density at radius 3 is 2.79 bits per heavy atom. The number of anilines is 1. The summed E-state index contributed by atoms with van der Waals surface area (Å²) in [4.78, 5) is 0. The zero-order valence-corrected chi connectivity index (χ0v) is 8.34. The Morgan fingerprint density at radius 1 is 1.29 bits per heavy atom.